The molecule has 6 heteroatoms. The van der Waals surface area contributed by atoms with Crippen molar-refractivity contribution in [2.75, 3.05) is 13.1 Å². The standard InChI is InChI=1S/C23H24F3N3/c24-23(25,26)21-8-6-18(7-9-21)16-29-12-10-19(11-13-29)22-20(15-27-28-22)14-17-4-2-1-3-5-17/h1-9,15,19H,10-14,16H2,(H,27,28). The lowest BCUT2D eigenvalue weighted by Crippen LogP contribution is -2.32. The normalized spacial score (nSPS) is 16.2. The second-order valence-electron chi connectivity index (χ2n) is 7.72. The molecule has 0 atom stereocenters. The van der Waals surface area contributed by atoms with Crippen LogP contribution in [0.25, 0.3) is 0 Å². The van der Waals surface area contributed by atoms with Crippen LogP contribution in [0.2, 0.25) is 0 Å². The maximum absolute atomic E-state index is 12.7. The van der Waals surface area contributed by atoms with Crippen LogP contribution in [0.1, 0.15) is 46.7 Å². The molecule has 29 heavy (non-hydrogen) atoms. The average Bonchev–Trinajstić information content (AvgIpc) is 3.17. The monoisotopic (exact) mass is 399 g/mol. The minimum Gasteiger partial charge on any atom is -0.299 e. The first-order chi connectivity index (χ1) is 14.0. The Hall–Kier alpha value is -2.60. The molecule has 0 bridgehead atoms. The van der Waals surface area contributed by atoms with Crippen LogP contribution >= 0.6 is 0 Å². The average molecular weight is 399 g/mol. The second kappa shape index (κ2) is 8.41. The zero-order chi connectivity index (χ0) is 20.3. The van der Waals surface area contributed by atoms with Crippen LogP contribution in [0, 0.1) is 0 Å². The van der Waals surface area contributed by atoms with E-state index in [-0.39, 0.29) is 0 Å². The van der Waals surface area contributed by atoms with E-state index in [2.05, 4.69) is 39.4 Å². The summed E-state index contributed by atoms with van der Waals surface area (Å²) in [6.07, 6.45) is 0.559. The Morgan fingerprint density at radius 1 is 0.931 bits per heavy atom. The van der Waals surface area contributed by atoms with Crippen molar-refractivity contribution in [3.8, 4) is 0 Å². The van der Waals surface area contributed by atoms with Gasteiger partial charge in [0.1, 0.15) is 0 Å². The van der Waals surface area contributed by atoms with E-state index in [9.17, 15) is 13.2 Å². The quantitative estimate of drug-likeness (QED) is 0.623. The fourth-order valence-corrected chi connectivity index (χ4v) is 4.07. The summed E-state index contributed by atoms with van der Waals surface area (Å²) in [4.78, 5) is 2.31. The molecular weight excluding hydrogens is 375 g/mol. The van der Waals surface area contributed by atoms with Crippen LogP contribution in [0.4, 0.5) is 13.2 Å². The number of hydrogen-bond donors (Lipinski definition) is 1. The van der Waals surface area contributed by atoms with Crippen LogP contribution in [0.3, 0.4) is 0 Å². The van der Waals surface area contributed by atoms with Crippen LogP contribution in [-0.4, -0.2) is 28.2 Å². The summed E-state index contributed by atoms with van der Waals surface area (Å²) < 4.78 is 38.1. The number of halogens is 3. The van der Waals surface area contributed by atoms with Gasteiger partial charge in [-0.15, -0.1) is 0 Å². The Morgan fingerprint density at radius 3 is 2.28 bits per heavy atom. The molecule has 3 nitrogen and oxygen atoms in total. The van der Waals surface area contributed by atoms with Gasteiger partial charge in [-0.05, 0) is 54.8 Å². The molecule has 0 saturated carbocycles. The highest BCUT2D eigenvalue weighted by atomic mass is 19.4. The summed E-state index contributed by atoms with van der Waals surface area (Å²) in [6, 6.07) is 15.9. The second-order valence-corrected chi connectivity index (χ2v) is 7.72. The highest BCUT2D eigenvalue weighted by Crippen LogP contribution is 2.31. The smallest absolute Gasteiger partial charge is 0.299 e. The topological polar surface area (TPSA) is 31.9 Å². The molecule has 2 heterocycles. The van der Waals surface area contributed by atoms with Gasteiger partial charge in [0.2, 0.25) is 0 Å². The third-order valence-electron chi connectivity index (χ3n) is 5.67. The number of nitrogens with zero attached hydrogens (tertiary/aromatic N) is 2. The van der Waals surface area contributed by atoms with Crippen molar-refractivity contribution in [3.63, 3.8) is 0 Å². The van der Waals surface area contributed by atoms with Crippen molar-refractivity contribution in [2.24, 2.45) is 0 Å². The molecular formula is C23H24F3N3. The van der Waals surface area contributed by atoms with Gasteiger partial charge in [-0.2, -0.15) is 18.3 Å². The van der Waals surface area contributed by atoms with Gasteiger partial charge < -0.3 is 0 Å². The molecule has 0 radical (unpaired) electrons. The minimum absolute atomic E-state index is 0.445. The Labute approximate surface area is 168 Å². The van der Waals surface area contributed by atoms with Crippen molar-refractivity contribution >= 4 is 0 Å². The van der Waals surface area contributed by atoms with Crippen molar-refractivity contribution in [3.05, 3.63) is 88.7 Å². The van der Waals surface area contributed by atoms with Gasteiger partial charge in [0.25, 0.3) is 0 Å². The van der Waals surface area contributed by atoms with E-state index in [1.165, 1.54) is 29.0 Å². The molecule has 2 aromatic carbocycles. The van der Waals surface area contributed by atoms with Gasteiger partial charge in [-0.3, -0.25) is 10.00 Å². The molecule has 152 valence electrons. The maximum atomic E-state index is 12.7. The Bertz CT molecular complexity index is 909. The highest BCUT2D eigenvalue weighted by molar-refractivity contribution is 5.29. The lowest BCUT2D eigenvalue weighted by molar-refractivity contribution is -0.137. The van der Waals surface area contributed by atoms with E-state index in [0.717, 1.165) is 37.9 Å². The van der Waals surface area contributed by atoms with E-state index in [0.29, 0.717) is 12.5 Å². The lowest BCUT2D eigenvalue weighted by atomic mass is 9.89. The molecule has 0 amide bonds. The Kier molecular flexibility index (Phi) is 5.72. The van der Waals surface area contributed by atoms with Gasteiger partial charge in [-0.25, -0.2) is 0 Å². The maximum Gasteiger partial charge on any atom is 0.416 e. The highest BCUT2D eigenvalue weighted by Gasteiger charge is 2.30. The van der Waals surface area contributed by atoms with E-state index in [4.69, 9.17) is 0 Å². The van der Waals surface area contributed by atoms with Crippen LogP contribution in [0.5, 0.6) is 0 Å². The number of aromatic amines is 1. The number of rotatable bonds is 5. The molecule has 0 spiro atoms. The van der Waals surface area contributed by atoms with Gasteiger partial charge in [0.15, 0.2) is 0 Å². The number of piperidine rings is 1. The number of likely N-dealkylation sites (tertiary alicyclic amines) is 1. The number of hydrogen-bond acceptors (Lipinski definition) is 2. The SMILES string of the molecule is FC(F)(F)c1ccc(CN2CCC(c3[nH]ncc3Cc3ccccc3)CC2)cc1. The van der Waals surface area contributed by atoms with Crippen LogP contribution < -0.4 is 0 Å². The summed E-state index contributed by atoms with van der Waals surface area (Å²) in [7, 11) is 0. The van der Waals surface area contributed by atoms with Gasteiger partial charge in [0, 0.05) is 24.6 Å². The molecule has 1 aliphatic rings. The summed E-state index contributed by atoms with van der Waals surface area (Å²) in [6.45, 7) is 2.54. The molecule has 4 rings (SSSR count). The van der Waals surface area contributed by atoms with E-state index >= 15 is 0 Å². The minimum atomic E-state index is -4.28. The number of H-pyrrole nitrogens is 1. The Balaban J connectivity index is 1.34. The summed E-state index contributed by atoms with van der Waals surface area (Å²) in [5, 5.41) is 7.48. The number of aromatic nitrogens is 2. The number of nitrogens with one attached hydrogen (secondary N) is 1. The molecule has 1 aromatic heterocycles. The van der Waals surface area contributed by atoms with Crippen LogP contribution in [0.15, 0.2) is 60.8 Å². The van der Waals surface area contributed by atoms with E-state index < -0.39 is 11.7 Å². The molecule has 1 N–H and O–H groups in total. The molecule has 1 saturated heterocycles. The molecule has 3 aromatic rings. The van der Waals surface area contributed by atoms with Gasteiger partial charge in [-0.1, -0.05) is 42.5 Å². The first-order valence-corrected chi connectivity index (χ1v) is 9.93. The van der Waals surface area contributed by atoms with Crippen molar-refractivity contribution in [2.45, 2.75) is 37.9 Å². The van der Waals surface area contributed by atoms with E-state index in [1.54, 1.807) is 12.1 Å². The zero-order valence-corrected chi connectivity index (χ0v) is 16.1. The molecule has 0 unspecified atom stereocenters. The third-order valence-corrected chi connectivity index (χ3v) is 5.67. The number of alkyl halides is 3. The first kappa shape index (κ1) is 19.7. The van der Waals surface area contributed by atoms with Gasteiger partial charge in [0.05, 0.1) is 11.8 Å². The van der Waals surface area contributed by atoms with Crippen molar-refractivity contribution < 1.29 is 13.2 Å². The Morgan fingerprint density at radius 2 is 1.62 bits per heavy atom. The largest absolute Gasteiger partial charge is 0.416 e. The molecule has 0 aliphatic carbocycles. The van der Waals surface area contributed by atoms with E-state index in [1.807, 2.05) is 12.3 Å². The third kappa shape index (κ3) is 4.88. The first-order valence-electron chi connectivity index (χ1n) is 9.93. The predicted molar refractivity (Wildman–Crippen MR) is 107 cm³/mol. The summed E-state index contributed by atoms with van der Waals surface area (Å²) in [5.41, 5.74) is 4.07. The van der Waals surface area contributed by atoms with Gasteiger partial charge >= 0.3 is 6.18 Å². The summed E-state index contributed by atoms with van der Waals surface area (Å²) >= 11 is 0. The predicted octanol–water partition coefficient (Wildman–Crippen LogP) is 5.40. The molecule has 1 fully saturated rings. The van der Waals surface area contributed by atoms with Crippen LogP contribution in [-0.2, 0) is 19.1 Å². The van der Waals surface area contributed by atoms with Crippen molar-refractivity contribution in [1.82, 2.24) is 15.1 Å². The molecule has 1 aliphatic heterocycles. The lowest BCUT2D eigenvalue weighted by Gasteiger charge is -2.32. The fraction of sp³-hybridized carbons (Fsp3) is 0.348. The number of benzene rings is 2. The fourth-order valence-electron chi connectivity index (χ4n) is 4.07. The summed E-state index contributed by atoms with van der Waals surface area (Å²) in [5.74, 6) is 0.445. The van der Waals surface area contributed by atoms with Crippen molar-refractivity contribution in [1.29, 1.82) is 0 Å². The zero-order valence-electron chi connectivity index (χ0n) is 16.1.